The SMILES string of the molecule is Cc1cc(C)c(NC(=O)CNC(=O)c2ccccc2)c(Cl)c1. The van der Waals surface area contributed by atoms with Crippen LogP contribution in [0.2, 0.25) is 5.02 Å². The van der Waals surface area contributed by atoms with Gasteiger partial charge in [0.15, 0.2) is 0 Å². The number of rotatable bonds is 4. The normalized spacial score (nSPS) is 10.1. The molecule has 2 aromatic carbocycles. The fraction of sp³-hybridized carbons (Fsp3) is 0.176. The summed E-state index contributed by atoms with van der Waals surface area (Å²) in [6.07, 6.45) is 0. The lowest BCUT2D eigenvalue weighted by Gasteiger charge is -2.12. The van der Waals surface area contributed by atoms with Gasteiger partial charge in [0.1, 0.15) is 0 Å². The Labute approximate surface area is 134 Å². The second-order valence-corrected chi connectivity index (χ2v) is 5.44. The number of carbonyl (C=O) groups excluding carboxylic acids is 2. The number of anilines is 1. The van der Waals surface area contributed by atoms with Crippen molar-refractivity contribution in [3.8, 4) is 0 Å². The van der Waals surface area contributed by atoms with Crippen molar-refractivity contribution in [3.05, 3.63) is 64.2 Å². The van der Waals surface area contributed by atoms with E-state index in [1.807, 2.05) is 26.0 Å². The molecule has 2 N–H and O–H groups in total. The average Bonchev–Trinajstić information content (AvgIpc) is 2.49. The van der Waals surface area contributed by atoms with E-state index in [4.69, 9.17) is 11.6 Å². The lowest BCUT2D eigenvalue weighted by Crippen LogP contribution is -2.33. The minimum Gasteiger partial charge on any atom is -0.343 e. The van der Waals surface area contributed by atoms with Crippen LogP contribution in [-0.2, 0) is 4.79 Å². The van der Waals surface area contributed by atoms with Crippen molar-refractivity contribution in [2.24, 2.45) is 0 Å². The van der Waals surface area contributed by atoms with Gasteiger partial charge < -0.3 is 10.6 Å². The first-order valence-electron chi connectivity index (χ1n) is 6.87. The van der Waals surface area contributed by atoms with E-state index in [1.165, 1.54) is 0 Å². The van der Waals surface area contributed by atoms with E-state index in [1.54, 1.807) is 30.3 Å². The van der Waals surface area contributed by atoms with Gasteiger partial charge in [-0.3, -0.25) is 9.59 Å². The molecule has 4 nitrogen and oxygen atoms in total. The zero-order chi connectivity index (χ0) is 16.1. The van der Waals surface area contributed by atoms with Crippen LogP contribution in [0.25, 0.3) is 0 Å². The maximum absolute atomic E-state index is 12.0. The van der Waals surface area contributed by atoms with Gasteiger partial charge in [-0.05, 0) is 43.2 Å². The monoisotopic (exact) mass is 316 g/mol. The molecule has 0 aromatic heterocycles. The van der Waals surface area contributed by atoms with Crippen LogP contribution in [-0.4, -0.2) is 18.4 Å². The first kappa shape index (κ1) is 16.0. The van der Waals surface area contributed by atoms with E-state index in [0.717, 1.165) is 11.1 Å². The molecule has 0 unspecified atom stereocenters. The van der Waals surface area contributed by atoms with E-state index in [9.17, 15) is 9.59 Å². The number of nitrogens with one attached hydrogen (secondary N) is 2. The van der Waals surface area contributed by atoms with Crippen LogP contribution in [0.4, 0.5) is 5.69 Å². The summed E-state index contributed by atoms with van der Waals surface area (Å²) in [7, 11) is 0. The Balaban J connectivity index is 1.95. The van der Waals surface area contributed by atoms with Gasteiger partial charge in [0.25, 0.3) is 5.91 Å². The highest BCUT2D eigenvalue weighted by Gasteiger charge is 2.11. The molecule has 2 rings (SSSR count). The predicted molar refractivity (Wildman–Crippen MR) is 88.3 cm³/mol. The zero-order valence-electron chi connectivity index (χ0n) is 12.4. The smallest absolute Gasteiger partial charge is 0.251 e. The summed E-state index contributed by atoms with van der Waals surface area (Å²) in [5, 5.41) is 5.79. The molecule has 0 atom stereocenters. The van der Waals surface area contributed by atoms with Gasteiger partial charge in [-0.2, -0.15) is 0 Å². The maximum atomic E-state index is 12.0. The number of hydrogen-bond acceptors (Lipinski definition) is 2. The highest BCUT2D eigenvalue weighted by molar-refractivity contribution is 6.34. The highest BCUT2D eigenvalue weighted by Crippen LogP contribution is 2.27. The Hall–Kier alpha value is -2.33. The number of benzene rings is 2. The van der Waals surface area contributed by atoms with Crippen molar-refractivity contribution in [2.75, 3.05) is 11.9 Å². The van der Waals surface area contributed by atoms with Crippen LogP contribution in [0.1, 0.15) is 21.5 Å². The molecule has 2 amide bonds. The van der Waals surface area contributed by atoms with Gasteiger partial charge in [0.2, 0.25) is 5.91 Å². The van der Waals surface area contributed by atoms with E-state index >= 15 is 0 Å². The summed E-state index contributed by atoms with van der Waals surface area (Å²) in [5.41, 5.74) is 3.00. The molecule has 0 radical (unpaired) electrons. The molecule has 0 spiro atoms. The summed E-state index contributed by atoms with van der Waals surface area (Å²) < 4.78 is 0. The molecule has 0 heterocycles. The molecule has 0 fully saturated rings. The molecule has 2 aromatic rings. The maximum Gasteiger partial charge on any atom is 0.251 e. The van der Waals surface area contributed by atoms with Crippen LogP contribution in [0.5, 0.6) is 0 Å². The van der Waals surface area contributed by atoms with Crippen molar-refractivity contribution >= 4 is 29.1 Å². The van der Waals surface area contributed by atoms with Crippen LogP contribution in [0, 0.1) is 13.8 Å². The first-order chi connectivity index (χ1) is 10.5. The fourth-order valence-corrected chi connectivity index (χ4v) is 2.48. The summed E-state index contributed by atoms with van der Waals surface area (Å²) in [4.78, 5) is 23.8. The molecular weight excluding hydrogens is 300 g/mol. The Morgan fingerprint density at radius 2 is 1.77 bits per heavy atom. The molecule has 0 aliphatic carbocycles. The molecule has 0 bridgehead atoms. The van der Waals surface area contributed by atoms with Gasteiger partial charge >= 0.3 is 0 Å². The Kier molecular flexibility index (Phi) is 5.17. The van der Waals surface area contributed by atoms with E-state index < -0.39 is 0 Å². The second kappa shape index (κ2) is 7.09. The van der Waals surface area contributed by atoms with Crippen molar-refractivity contribution in [1.82, 2.24) is 5.32 Å². The van der Waals surface area contributed by atoms with Crippen molar-refractivity contribution in [3.63, 3.8) is 0 Å². The van der Waals surface area contributed by atoms with Crippen LogP contribution < -0.4 is 10.6 Å². The molecule has 0 saturated heterocycles. The molecule has 22 heavy (non-hydrogen) atoms. The highest BCUT2D eigenvalue weighted by atomic mass is 35.5. The van der Waals surface area contributed by atoms with Gasteiger partial charge in [-0.25, -0.2) is 0 Å². The van der Waals surface area contributed by atoms with Gasteiger partial charge in [-0.15, -0.1) is 0 Å². The molecule has 0 saturated carbocycles. The van der Waals surface area contributed by atoms with Crippen LogP contribution >= 0.6 is 11.6 Å². The molecule has 5 heteroatoms. The van der Waals surface area contributed by atoms with Crippen molar-refractivity contribution in [1.29, 1.82) is 0 Å². The lowest BCUT2D eigenvalue weighted by molar-refractivity contribution is -0.115. The third kappa shape index (κ3) is 4.09. The zero-order valence-corrected chi connectivity index (χ0v) is 13.2. The summed E-state index contributed by atoms with van der Waals surface area (Å²) >= 11 is 6.14. The Morgan fingerprint density at radius 3 is 2.41 bits per heavy atom. The third-order valence-corrected chi connectivity index (χ3v) is 3.44. The number of amides is 2. The topological polar surface area (TPSA) is 58.2 Å². The number of carbonyl (C=O) groups is 2. The quantitative estimate of drug-likeness (QED) is 0.909. The van der Waals surface area contributed by atoms with Gasteiger partial charge in [-0.1, -0.05) is 35.9 Å². The largest absolute Gasteiger partial charge is 0.343 e. The van der Waals surface area contributed by atoms with Crippen molar-refractivity contribution in [2.45, 2.75) is 13.8 Å². The molecule has 0 aliphatic heterocycles. The van der Waals surface area contributed by atoms with Crippen molar-refractivity contribution < 1.29 is 9.59 Å². The van der Waals surface area contributed by atoms with E-state index in [0.29, 0.717) is 16.3 Å². The number of halogens is 1. The number of aryl methyl sites for hydroxylation is 2. The average molecular weight is 317 g/mol. The lowest BCUT2D eigenvalue weighted by atomic mass is 10.1. The summed E-state index contributed by atoms with van der Waals surface area (Å²) in [6, 6.07) is 12.5. The standard InChI is InChI=1S/C17H17ClN2O2/c1-11-8-12(2)16(14(18)9-11)20-15(21)10-19-17(22)13-6-4-3-5-7-13/h3-9H,10H2,1-2H3,(H,19,22)(H,20,21). The Morgan fingerprint density at radius 1 is 1.09 bits per heavy atom. The van der Waals surface area contributed by atoms with E-state index in [-0.39, 0.29) is 18.4 Å². The summed E-state index contributed by atoms with van der Waals surface area (Å²) in [6.45, 7) is 3.69. The van der Waals surface area contributed by atoms with Crippen LogP contribution in [0.3, 0.4) is 0 Å². The van der Waals surface area contributed by atoms with Gasteiger partial charge in [0.05, 0.1) is 17.3 Å². The molecular formula is C17H17ClN2O2. The second-order valence-electron chi connectivity index (χ2n) is 5.04. The molecule has 114 valence electrons. The van der Waals surface area contributed by atoms with Crippen LogP contribution in [0.15, 0.2) is 42.5 Å². The minimum atomic E-state index is -0.321. The number of hydrogen-bond donors (Lipinski definition) is 2. The summed E-state index contributed by atoms with van der Waals surface area (Å²) in [5.74, 6) is -0.611. The van der Waals surface area contributed by atoms with E-state index in [2.05, 4.69) is 10.6 Å². The molecule has 0 aliphatic rings. The minimum absolute atomic E-state index is 0.114. The fourth-order valence-electron chi connectivity index (χ4n) is 2.11. The predicted octanol–water partition coefficient (Wildman–Crippen LogP) is 3.33. The first-order valence-corrected chi connectivity index (χ1v) is 7.25. The van der Waals surface area contributed by atoms with Gasteiger partial charge in [0, 0.05) is 5.56 Å². The Bertz CT molecular complexity index is 676. The third-order valence-electron chi connectivity index (χ3n) is 3.14.